The third-order valence-corrected chi connectivity index (χ3v) is 3.36. The van der Waals surface area contributed by atoms with Crippen molar-refractivity contribution in [1.29, 1.82) is 0 Å². The van der Waals surface area contributed by atoms with E-state index >= 15 is 0 Å². The lowest BCUT2D eigenvalue weighted by atomic mass is 10.0. The molecule has 114 valence electrons. The fourth-order valence-corrected chi connectivity index (χ4v) is 2.19. The average molecular weight is 296 g/mol. The van der Waals surface area contributed by atoms with Crippen LogP contribution >= 0.6 is 0 Å². The minimum Gasteiger partial charge on any atom is -0.481 e. The topological polar surface area (TPSA) is 78.9 Å². The van der Waals surface area contributed by atoms with Crippen LogP contribution < -0.4 is 5.32 Å². The molecule has 2 rings (SSSR count). The lowest BCUT2D eigenvalue weighted by molar-refractivity contribution is -0.142. The first kappa shape index (κ1) is 15.2. The van der Waals surface area contributed by atoms with Crippen LogP contribution in [0.5, 0.6) is 0 Å². The minimum atomic E-state index is -0.995. The van der Waals surface area contributed by atoms with E-state index in [1.165, 1.54) is 17.0 Å². The Morgan fingerprint density at radius 1 is 1.48 bits per heavy atom. The van der Waals surface area contributed by atoms with Crippen molar-refractivity contribution in [2.45, 2.75) is 12.6 Å². The molecule has 1 saturated heterocycles. The number of amides is 2. The van der Waals surface area contributed by atoms with Gasteiger partial charge in [0.2, 0.25) is 0 Å². The van der Waals surface area contributed by atoms with Crippen molar-refractivity contribution in [3.8, 4) is 0 Å². The summed E-state index contributed by atoms with van der Waals surface area (Å²) in [5, 5.41) is 11.6. The van der Waals surface area contributed by atoms with Gasteiger partial charge in [0.25, 0.3) is 0 Å². The molecule has 0 saturated carbocycles. The quantitative estimate of drug-likeness (QED) is 0.871. The Labute approximate surface area is 121 Å². The SMILES string of the molecule is CN(Cc1cccc(F)c1)C(=O)NC1COCC1C(=O)O. The Balaban J connectivity index is 1.92. The van der Waals surface area contributed by atoms with Crippen molar-refractivity contribution in [3.63, 3.8) is 0 Å². The summed E-state index contributed by atoms with van der Waals surface area (Å²) in [7, 11) is 1.56. The number of nitrogens with zero attached hydrogens (tertiary/aromatic N) is 1. The molecule has 21 heavy (non-hydrogen) atoms. The van der Waals surface area contributed by atoms with Gasteiger partial charge >= 0.3 is 12.0 Å². The zero-order chi connectivity index (χ0) is 15.4. The number of hydrogen-bond acceptors (Lipinski definition) is 3. The summed E-state index contributed by atoms with van der Waals surface area (Å²) in [5.41, 5.74) is 0.658. The molecule has 1 heterocycles. The van der Waals surface area contributed by atoms with E-state index in [2.05, 4.69) is 5.32 Å². The molecule has 0 aliphatic carbocycles. The number of carboxylic acid groups (broad SMARTS) is 1. The fourth-order valence-electron chi connectivity index (χ4n) is 2.19. The molecule has 2 unspecified atom stereocenters. The molecule has 0 radical (unpaired) electrons. The molecule has 0 bridgehead atoms. The van der Waals surface area contributed by atoms with Crippen LogP contribution in [-0.4, -0.2) is 48.3 Å². The van der Waals surface area contributed by atoms with Crippen LogP contribution in [0.3, 0.4) is 0 Å². The van der Waals surface area contributed by atoms with Gasteiger partial charge in [-0.3, -0.25) is 4.79 Å². The maximum absolute atomic E-state index is 13.1. The van der Waals surface area contributed by atoms with Crippen molar-refractivity contribution in [2.24, 2.45) is 5.92 Å². The molecule has 1 aromatic rings. The van der Waals surface area contributed by atoms with Crippen LogP contribution in [0.1, 0.15) is 5.56 Å². The van der Waals surface area contributed by atoms with Crippen LogP contribution in [0.15, 0.2) is 24.3 Å². The number of ether oxygens (including phenoxy) is 1. The predicted octanol–water partition coefficient (Wildman–Crippen LogP) is 1.07. The summed E-state index contributed by atoms with van der Waals surface area (Å²) < 4.78 is 18.2. The van der Waals surface area contributed by atoms with E-state index in [1.54, 1.807) is 19.2 Å². The Hall–Kier alpha value is -2.15. The van der Waals surface area contributed by atoms with Gasteiger partial charge in [-0.15, -0.1) is 0 Å². The highest BCUT2D eigenvalue weighted by molar-refractivity contribution is 5.77. The van der Waals surface area contributed by atoms with Gasteiger partial charge < -0.3 is 20.1 Å². The number of halogens is 1. The number of carbonyl (C=O) groups excluding carboxylic acids is 1. The number of hydrogen-bond donors (Lipinski definition) is 2. The van der Waals surface area contributed by atoms with Crippen LogP contribution in [0.4, 0.5) is 9.18 Å². The van der Waals surface area contributed by atoms with Crippen LogP contribution in [0.2, 0.25) is 0 Å². The summed E-state index contributed by atoms with van der Waals surface area (Å²) in [6.07, 6.45) is 0. The lowest BCUT2D eigenvalue weighted by Gasteiger charge is -2.22. The Morgan fingerprint density at radius 3 is 2.90 bits per heavy atom. The second-order valence-corrected chi connectivity index (χ2v) is 5.02. The number of carboxylic acids is 1. The van der Waals surface area contributed by atoms with E-state index in [0.29, 0.717) is 5.56 Å². The van der Waals surface area contributed by atoms with Crippen molar-refractivity contribution in [2.75, 3.05) is 20.3 Å². The molecule has 1 aromatic carbocycles. The Bertz CT molecular complexity index is 537. The predicted molar refractivity (Wildman–Crippen MR) is 72.1 cm³/mol. The molecule has 7 heteroatoms. The molecule has 2 N–H and O–H groups in total. The lowest BCUT2D eigenvalue weighted by Crippen LogP contribution is -2.47. The molecule has 0 spiro atoms. The third kappa shape index (κ3) is 3.91. The van der Waals surface area contributed by atoms with Gasteiger partial charge in [0.1, 0.15) is 11.7 Å². The monoisotopic (exact) mass is 296 g/mol. The normalized spacial score (nSPS) is 21.0. The average Bonchev–Trinajstić information content (AvgIpc) is 2.87. The summed E-state index contributed by atoms with van der Waals surface area (Å²) >= 11 is 0. The number of nitrogens with one attached hydrogen (secondary N) is 1. The molecular weight excluding hydrogens is 279 g/mol. The van der Waals surface area contributed by atoms with Gasteiger partial charge in [0.15, 0.2) is 0 Å². The van der Waals surface area contributed by atoms with E-state index in [-0.39, 0.29) is 25.6 Å². The zero-order valence-electron chi connectivity index (χ0n) is 11.6. The van der Waals surface area contributed by atoms with E-state index in [1.807, 2.05) is 0 Å². The molecule has 2 atom stereocenters. The van der Waals surface area contributed by atoms with Gasteiger partial charge in [-0.1, -0.05) is 12.1 Å². The molecule has 1 fully saturated rings. The van der Waals surface area contributed by atoms with Crippen molar-refractivity contribution in [1.82, 2.24) is 10.2 Å². The number of aliphatic carboxylic acids is 1. The molecule has 0 aromatic heterocycles. The summed E-state index contributed by atoms with van der Waals surface area (Å²) in [4.78, 5) is 24.4. The second-order valence-electron chi connectivity index (χ2n) is 5.02. The maximum Gasteiger partial charge on any atom is 0.317 e. The van der Waals surface area contributed by atoms with Crippen molar-refractivity contribution < 1.29 is 23.8 Å². The van der Waals surface area contributed by atoms with Gasteiger partial charge in [0.05, 0.1) is 19.3 Å². The van der Waals surface area contributed by atoms with Gasteiger partial charge in [-0.05, 0) is 17.7 Å². The highest BCUT2D eigenvalue weighted by atomic mass is 19.1. The van der Waals surface area contributed by atoms with Crippen LogP contribution in [0.25, 0.3) is 0 Å². The van der Waals surface area contributed by atoms with E-state index in [4.69, 9.17) is 9.84 Å². The molecule has 2 amide bonds. The van der Waals surface area contributed by atoms with Gasteiger partial charge in [-0.25, -0.2) is 9.18 Å². The molecule has 1 aliphatic heterocycles. The van der Waals surface area contributed by atoms with Crippen molar-refractivity contribution in [3.05, 3.63) is 35.6 Å². The minimum absolute atomic E-state index is 0.0912. The fraction of sp³-hybridized carbons (Fsp3) is 0.429. The Morgan fingerprint density at radius 2 is 2.24 bits per heavy atom. The zero-order valence-corrected chi connectivity index (χ0v) is 11.6. The molecular formula is C14H17FN2O4. The van der Waals surface area contributed by atoms with Crippen LogP contribution in [0, 0.1) is 11.7 Å². The van der Waals surface area contributed by atoms with Gasteiger partial charge in [-0.2, -0.15) is 0 Å². The maximum atomic E-state index is 13.1. The number of benzene rings is 1. The summed E-state index contributed by atoms with van der Waals surface area (Å²) in [6, 6.07) is 5.00. The highest BCUT2D eigenvalue weighted by Gasteiger charge is 2.35. The summed E-state index contributed by atoms with van der Waals surface area (Å²) in [6.45, 7) is 0.499. The number of carbonyl (C=O) groups is 2. The van der Waals surface area contributed by atoms with Gasteiger partial charge in [0, 0.05) is 13.6 Å². The number of urea groups is 1. The van der Waals surface area contributed by atoms with E-state index < -0.39 is 24.0 Å². The summed E-state index contributed by atoms with van der Waals surface area (Å²) in [5.74, 6) is -2.10. The second kappa shape index (κ2) is 6.53. The first-order valence-corrected chi connectivity index (χ1v) is 6.54. The Kier molecular flexibility index (Phi) is 4.74. The van der Waals surface area contributed by atoms with E-state index in [9.17, 15) is 14.0 Å². The highest BCUT2D eigenvalue weighted by Crippen LogP contribution is 2.14. The molecule has 1 aliphatic rings. The first-order valence-electron chi connectivity index (χ1n) is 6.54. The van der Waals surface area contributed by atoms with Crippen LogP contribution in [-0.2, 0) is 16.1 Å². The van der Waals surface area contributed by atoms with Crippen molar-refractivity contribution >= 4 is 12.0 Å². The number of rotatable bonds is 4. The molecule has 6 nitrogen and oxygen atoms in total. The largest absolute Gasteiger partial charge is 0.481 e. The standard InChI is InChI=1S/C14H17FN2O4/c1-17(6-9-3-2-4-10(15)5-9)14(20)16-12-8-21-7-11(12)13(18)19/h2-5,11-12H,6-8H2,1H3,(H,16,20)(H,18,19). The van der Waals surface area contributed by atoms with E-state index in [0.717, 1.165) is 0 Å². The smallest absolute Gasteiger partial charge is 0.317 e. The first-order chi connectivity index (χ1) is 9.97. The third-order valence-electron chi connectivity index (χ3n) is 3.36.